The van der Waals surface area contributed by atoms with Crippen molar-refractivity contribution in [2.24, 2.45) is 0 Å². The SMILES string of the molecule is COC1CC(C#N)(NC2CCCCC2)C1. The number of hydrogen-bond donors (Lipinski definition) is 1. The molecule has 0 bridgehead atoms. The number of methoxy groups -OCH3 is 1. The van der Waals surface area contributed by atoms with Gasteiger partial charge in [-0.25, -0.2) is 0 Å². The summed E-state index contributed by atoms with van der Waals surface area (Å²) in [6.07, 6.45) is 8.47. The normalized spacial score (nSPS) is 36.9. The fourth-order valence-electron chi connectivity index (χ4n) is 2.76. The molecule has 0 aliphatic heterocycles. The van der Waals surface area contributed by atoms with E-state index in [1.807, 2.05) is 0 Å². The largest absolute Gasteiger partial charge is 0.381 e. The van der Waals surface area contributed by atoms with Crippen LogP contribution >= 0.6 is 0 Å². The third kappa shape index (κ3) is 2.32. The van der Waals surface area contributed by atoms with Crippen molar-refractivity contribution < 1.29 is 4.74 Å². The predicted octanol–water partition coefficient (Wildman–Crippen LogP) is 1.98. The van der Waals surface area contributed by atoms with Crippen LogP contribution in [0.2, 0.25) is 0 Å². The summed E-state index contributed by atoms with van der Waals surface area (Å²) in [5, 5.41) is 12.8. The number of ether oxygens (including phenoxy) is 1. The monoisotopic (exact) mass is 208 g/mol. The summed E-state index contributed by atoms with van der Waals surface area (Å²) in [7, 11) is 1.73. The van der Waals surface area contributed by atoms with E-state index in [1.54, 1.807) is 7.11 Å². The Balaban J connectivity index is 1.84. The van der Waals surface area contributed by atoms with Crippen molar-refractivity contribution in [2.75, 3.05) is 7.11 Å². The summed E-state index contributed by atoms with van der Waals surface area (Å²) in [5.74, 6) is 0. The van der Waals surface area contributed by atoms with Crippen LogP contribution in [0.15, 0.2) is 0 Å². The van der Waals surface area contributed by atoms with Crippen LogP contribution in [0.3, 0.4) is 0 Å². The first-order chi connectivity index (χ1) is 7.28. The minimum atomic E-state index is -0.275. The zero-order valence-electron chi connectivity index (χ0n) is 9.46. The number of rotatable bonds is 3. The van der Waals surface area contributed by atoms with Crippen LogP contribution < -0.4 is 5.32 Å². The smallest absolute Gasteiger partial charge is 0.111 e. The Labute approximate surface area is 91.8 Å². The van der Waals surface area contributed by atoms with E-state index in [-0.39, 0.29) is 5.54 Å². The molecule has 2 saturated carbocycles. The number of hydrogen-bond acceptors (Lipinski definition) is 3. The molecule has 0 radical (unpaired) electrons. The van der Waals surface area contributed by atoms with E-state index < -0.39 is 0 Å². The third-order valence-electron chi connectivity index (χ3n) is 3.79. The Morgan fingerprint density at radius 1 is 1.27 bits per heavy atom. The molecular formula is C12H20N2O. The molecule has 0 aromatic carbocycles. The molecule has 0 spiro atoms. The van der Waals surface area contributed by atoms with E-state index >= 15 is 0 Å². The van der Waals surface area contributed by atoms with E-state index in [0.717, 1.165) is 12.8 Å². The molecule has 0 atom stereocenters. The van der Waals surface area contributed by atoms with Gasteiger partial charge in [-0.3, -0.25) is 5.32 Å². The summed E-state index contributed by atoms with van der Waals surface area (Å²) in [6, 6.07) is 3.00. The van der Waals surface area contributed by atoms with Crippen LogP contribution in [-0.2, 0) is 4.74 Å². The van der Waals surface area contributed by atoms with Gasteiger partial charge in [0, 0.05) is 26.0 Å². The van der Waals surface area contributed by atoms with E-state index in [9.17, 15) is 5.26 Å². The molecule has 2 fully saturated rings. The molecule has 3 nitrogen and oxygen atoms in total. The predicted molar refractivity (Wildman–Crippen MR) is 58.4 cm³/mol. The molecule has 0 unspecified atom stereocenters. The van der Waals surface area contributed by atoms with Gasteiger partial charge in [0.1, 0.15) is 5.54 Å². The Hall–Kier alpha value is -0.590. The molecule has 84 valence electrons. The average Bonchev–Trinajstić information content (AvgIpc) is 2.24. The molecule has 15 heavy (non-hydrogen) atoms. The second-order valence-corrected chi connectivity index (χ2v) is 4.94. The molecule has 0 heterocycles. The van der Waals surface area contributed by atoms with Crippen molar-refractivity contribution in [3.63, 3.8) is 0 Å². The minimum Gasteiger partial charge on any atom is -0.381 e. The summed E-state index contributed by atoms with van der Waals surface area (Å²) in [4.78, 5) is 0. The van der Waals surface area contributed by atoms with E-state index in [1.165, 1.54) is 32.1 Å². The lowest BCUT2D eigenvalue weighted by Gasteiger charge is -2.45. The fourth-order valence-corrected chi connectivity index (χ4v) is 2.76. The molecular weight excluding hydrogens is 188 g/mol. The van der Waals surface area contributed by atoms with Crippen LogP contribution in [-0.4, -0.2) is 24.8 Å². The van der Waals surface area contributed by atoms with Gasteiger partial charge in [-0.1, -0.05) is 19.3 Å². The quantitative estimate of drug-likeness (QED) is 0.771. The number of nitrogens with zero attached hydrogens (tertiary/aromatic N) is 1. The molecule has 1 N–H and O–H groups in total. The van der Waals surface area contributed by atoms with Crippen LogP contribution in [0.4, 0.5) is 0 Å². The average molecular weight is 208 g/mol. The number of nitriles is 1. The lowest BCUT2D eigenvalue weighted by Crippen LogP contribution is -2.60. The second-order valence-electron chi connectivity index (χ2n) is 4.94. The topological polar surface area (TPSA) is 45.0 Å². The third-order valence-corrected chi connectivity index (χ3v) is 3.79. The minimum absolute atomic E-state index is 0.275. The van der Waals surface area contributed by atoms with E-state index in [4.69, 9.17) is 4.74 Å². The number of nitrogens with one attached hydrogen (secondary N) is 1. The highest BCUT2D eigenvalue weighted by Gasteiger charge is 2.46. The first kappa shape index (κ1) is 10.9. The molecule has 0 saturated heterocycles. The lowest BCUT2D eigenvalue weighted by atomic mass is 9.74. The Morgan fingerprint density at radius 3 is 2.47 bits per heavy atom. The standard InChI is InChI=1S/C12H20N2O/c1-15-11-7-12(8-11,9-13)14-10-5-3-2-4-6-10/h10-11,14H,2-8H2,1H3. The Kier molecular flexibility index (Phi) is 3.28. The van der Waals surface area contributed by atoms with Gasteiger partial charge in [-0.05, 0) is 12.8 Å². The maximum absolute atomic E-state index is 9.21. The molecule has 2 aliphatic rings. The Bertz CT molecular complexity index is 247. The van der Waals surface area contributed by atoms with E-state index in [0.29, 0.717) is 12.1 Å². The van der Waals surface area contributed by atoms with Crippen molar-refractivity contribution in [3.8, 4) is 6.07 Å². The van der Waals surface area contributed by atoms with Gasteiger partial charge in [0.05, 0.1) is 12.2 Å². The van der Waals surface area contributed by atoms with Gasteiger partial charge in [0.15, 0.2) is 0 Å². The lowest BCUT2D eigenvalue weighted by molar-refractivity contribution is -0.0132. The maximum Gasteiger partial charge on any atom is 0.111 e. The second kappa shape index (κ2) is 4.51. The summed E-state index contributed by atoms with van der Waals surface area (Å²) < 4.78 is 5.24. The van der Waals surface area contributed by atoms with Crippen molar-refractivity contribution >= 4 is 0 Å². The summed E-state index contributed by atoms with van der Waals surface area (Å²) in [5.41, 5.74) is -0.275. The van der Waals surface area contributed by atoms with Crippen molar-refractivity contribution in [1.82, 2.24) is 5.32 Å². The van der Waals surface area contributed by atoms with Gasteiger partial charge in [0.2, 0.25) is 0 Å². The highest BCUT2D eigenvalue weighted by Crippen LogP contribution is 2.35. The van der Waals surface area contributed by atoms with Gasteiger partial charge < -0.3 is 4.74 Å². The van der Waals surface area contributed by atoms with Gasteiger partial charge in [0.25, 0.3) is 0 Å². The fraction of sp³-hybridized carbons (Fsp3) is 0.917. The van der Waals surface area contributed by atoms with Crippen molar-refractivity contribution in [2.45, 2.75) is 62.6 Å². The zero-order chi connectivity index (χ0) is 10.7. The highest BCUT2D eigenvalue weighted by atomic mass is 16.5. The summed E-state index contributed by atoms with van der Waals surface area (Å²) >= 11 is 0. The van der Waals surface area contributed by atoms with Crippen LogP contribution in [0.25, 0.3) is 0 Å². The maximum atomic E-state index is 9.21. The molecule has 0 aromatic rings. The summed E-state index contributed by atoms with van der Waals surface area (Å²) in [6.45, 7) is 0. The first-order valence-electron chi connectivity index (χ1n) is 6.00. The van der Waals surface area contributed by atoms with Gasteiger partial charge in [-0.2, -0.15) is 5.26 Å². The van der Waals surface area contributed by atoms with Crippen LogP contribution in [0, 0.1) is 11.3 Å². The molecule has 2 rings (SSSR count). The first-order valence-corrected chi connectivity index (χ1v) is 6.00. The van der Waals surface area contributed by atoms with E-state index in [2.05, 4.69) is 11.4 Å². The van der Waals surface area contributed by atoms with Crippen LogP contribution in [0.5, 0.6) is 0 Å². The van der Waals surface area contributed by atoms with Gasteiger partial charge in [-0.15, -0.1) is 0 Å². The Morgan fingerprint density at radius 2 is 1.93 bits per heavy atom. The molecule has 3 heteroatoms. The van der Waals surface area contributed by atoms with Crippen molar-refractivity contribution in [1.29, 1.82) is 5.26 Å². The van der Waals surface area contributed by atoms with Crippen LogP contribution in [0.1, 0.15) is 44.9 Å². The van der Waals surface area contributed by atoms with Crippen molar-refractivity contribution in [3.05, 3.63) is 0 Å². The van der Waals surface area contributed by atoms with Gasteiger partial charge >= 0.3 is 0 Å². The zero-order valence-corrected chi connectivity index (χ0v) is 9.46. The molecule has 0 aromatic heterocycles. The molecule has 2 aliphatic carbocycles. The highest BCUT2D eigenvalue weighted by molar-refractivity contribution is 5.17. The molecule has 0 amide bonds.